The highest BCUT2D eigenvalue weighted by Crippen LogP contribution is 2.23. The highest BCUT2D eigenvalue weighted by atomic mass is 35.5. The highest BCUT2D eigenvalue weighted by Gasteiger charge is 2.11. The first kappa shape index (κ1) is 10.0. The van der Waals surface area contributed by atoms with E-state index in [0.29, 0.717) is 10.8 Å². The van der Waals surface area contributed by atoms with Crippen molar-refractivity contribution in [1.82, 2.24) is 0 Å². The van der Waals surface area contributed by atoms with Crippen molar-refractivity contribution in [3.05, 3.63) is 29.3 Å². The summed E-state index contributed by atoms with van der Waals surface area (Å²) in [5.74, 6) is -0.153. The normalized spacial score (nSPS) is 12.2. The van der Waals surface area contributed by atoms with Crippen molar-refractivity contribution >= 4 is 17.6 Å². The molecule has 4 heteroatoms. The molecule has 0 aliphatic rings. The zero-order valence-electron chi connectivity index (χ0n) is 7.16. The van der Waals surface area contributed by atoms with Gasteiger partial charge in [0.1, 0.15) is 11.8 Å². The van der Waals surface area contributed by atoms with Crippen LogP contribution in [0.2, 0.25) is 5.02 Å². The monoisotopic (exact) mass is 199 g/mol. The number of esters is 1. The van der Waals surface area contributed by atoms with E-state index in [1.54, 1.807) is 31.2 Å². The van der Waals surface area contributed by atoms with Crippen LogP contribution < -0.4 is 10.5 Å². The average Bonchev–Trinajstić information content (AvgIpc) is 2.08. The van der Waals surface area contributed by atoms with Crippen LogP contribution in [0.4, 0.5) is 0 Å². The second kappa shape index (κ2) is 4.25. The van der Waals surface area contributed by atoms with E-state index in [1.165, 1.54) is 0 Å². The minimum atomic E-state index is -0.642. The summed E-state index contributed by atoms with van der Waals surface area (Å²) in [6.07, 6.45) is 0. The molecule has 0 heterocycles. The number of hydrogen-bond acceptors (Lipinski definition) is 3. The van der Waals surface area contributed by atoms with E-state index in [-0.39, 0.29) is 0 Å². The molecule has 0 aliphatic carbocycles. The first-order valence-corrected chi connectivity index (χ1v) is 4.21. The summed E-state index contributed by atoms with van der Waals surface area (Å²) in [7, 11) is 0. The number of halogens is 1. The molecule has 0 fully saturated rings. The number of benzene rings is 1. The standard InChI is InChI=1S/C9H10ClNO2/c1-6(11)9(12)13-8-5-3-2-4-7(8)10/h2-6H,11H2,1H3/t6-/m0/s1. The van der Waals surface area contributed by atoms with E-state index in [9.17, 15) is 4.79 Å². The van der Waals surface area contributed by atoms with Crippen molar-refractivity contribution in [2.45, 2.75) is 13.0 Å². The topological polar surface area (TPSA) is 52.3 Å². The lowest BCUT2D eigenvalue weighted by Gasteiger charge is -2.07. The van der Waals surface area contributed by atoms with E-state index in [4.69, 9.17) is 22.1 Å². The van der Waals surface area contributed by atoms with Gasteiger partial charge in [0, 0.05) is 0 Å². The van der Waals surface area contributed by atoms with Crippen LogP contribution >= 0.6 is 11.6 Å². The maximum Gasteiger partial charge on any atom is 0.328 e. The molecule has 0 saturated heterocycles. The third kappa shape index (κ3) is 2.72. The molecule has 0 bridgehead atoms. The molecule has 0 amide bonds. The molecule has 70 valence electrons. The highest BCUT2D eigenvalue weighted by molar-refractivity contribution is 6.32. The molecule has 0 radical (unpaired) electrons. The first-order chi connectivity index (χ1) is 6.11. The molecular formula is C9H10ClNO2. The second-order valence-corrected chi connectivity index (χ2v) is 3.05. The number of hydrogen-bond donors (Lipinski definition) is 1. The molecule has 1 aromatic carbocycles. The predicted octanol–water partition coefficient (Wildman–Crippen LogP) is 1.59. The van der Waals surface area contributed by atoms with Crippen LogP contribution in [0.5, 0.6) is 5.75 Å². The Morgan fingerprint density at radius 3 is 2.69 bits per heavy atom. The van der Waals surface area contributed by atoms with Gasteiger partial charge in [0.25, 0.3) is 0 Å². The third-order valence-corrected chi connectivity index (χ3v) is 1.73. The summed E-state index contributed by atoms with van der Waals surface area (Å²) < 4.78 is 4.91. The fourth-order valence-electron chi connectivity index (χ4n) is 0.729. The first-order valence-electron chi connectivity index (χ1n) is 3.83. The molecule has 1 aromatic rings. The summed E-state index contributed by atoms with van der Waals surface area (Å²) in [6, 6.07) is 6.10. The van der Waals surface area contributed by atoms with E-state index >= 15 is 0 Å². The molecule has 2 N–H and O–H groups in total. The van der Waals surface area contributed by atoms with E-state index in [2.05, 4.69) is 0 Å². The van der Waals surface area contributed by atoms with Crippen LogP contribution in [-0.2, 0) is 4.79 Å². The molecule has 1 atom stereocenters. The number of ether oxygens (including phenoxy) is 1. The quantitative estimate of drug-likeness (QED) is 0.582. The number of nitrogens with two attached hydrogens (primary N) is 1. The third-order valence-electron chi connectivity index (χ3n) is 1.42. The molecular weight excluding hydrogens is 190 g/mol. The van der Waals surface area contributed by atoms with Gasteiger partial charge in [-0.15, -0.1) is 0 Å². The second-order valence-electron chi connectivity index (χ2n) is 2.64. The van der Waals surface area contributed by atoms with Gasteiger partial charge in [-0.05, 0) is 19.1 Å². The van der Waals surface area contributed by atoms with E-state index in [1.807, 2.05) is 0 Å². The van der Waals surface area contributed by atoms with Crippen LogP contribution in [0.15, 0.2) is 24.3 Å². The SMILES string of the molecule is C[C@H](N)C(=O)Oc1ccccc1Cl. The van der Waals surface area contributed by atoms with Crippen LogP contribution in [0.3, 0.4) is 0 Å². The molecule has 0 spiro atoms. The van der Waals surface area contributed by atoms with Gasteiger partial charge in [0.2, 0.25) is 0 Å². The van der Waals surface area contributed by atoms with Gasteiger partial charge in [0.05, 0.1) is 5.02 Å². The van der Waals surface area contributed by atoms with Crippen molar-refractivity contribution in [2.75, 3.05) is 0 Å². The lowest BCUT2D eigenvalue weighted by atomic mass is 10.3. The maximum atomic E-state index is 11.1. The van der Waals surface area contributed by atoms with Crippen molar-refractivity contribution in [2.24, 2.45) is 5.73 Å². The molecule has 0 unspecified atom stereocenters. The van der Waals surface area contributed by atoms with Gasteiger partial charge in [-0.3, -0.25) is 0 Å². The molecule has 1 rings (SSSR count). The van der Waals surface area contributed by atoms with Crippen molar-refractivity contribution in [1.29, 1.82) is 0 Å². The minimum absolute atomic E-state index is 0.339. The number of rotatable bonds is 2. The Hall–Kier alpha value is -1.06. The van der Waals surface area contributed by atoms with E-state index in [0.717, 1.165) is 0 Å². The van der Waals surface area contributed by atoms with Gasteiger partial charge < -0.3 is 10.5 Å². The molecule has 0 saturated carbocycles. The van der Waals surface area contributed by atoms with Crippen LogP contribution in [0.1, 0.15) is 6.92 Å². The Bertz CT molecular complexity index is 312. The fraction of sp³-hybridized carbons (Fsp3) is 0.222. The lowest BCUT2D eigenvalue weighted by Crippen LogP contribution is -2.30. The Kier molecular flexibility index (Phi) is 3.28. The molecule has 13 heavy (non-hydrogen) atoms. The van der Waals surface area contributed by atoms with Gasteiger partial charge in [0.15, 0.2) is 0 Å². The Morgan fingerprint density at radius 2 is 2.15 bits per heavy atom. The molecule has 0 aromatic heterocycles. The van der Waals surface area contributed by atoms with Crippen molar-refractivity contribution in [3.8, 4) is 5.75 Å². The zero-order chi connectivity index (χ0) is 9.84. The van der Waals surface area contributed by atoms with Gasteiger partial charge in [-0.1, -0.05) is 23.7 Å². The zero-order valence-corrected chi connectivity index (χ0v) is 7.91. The molecule has 3 nitrogen and oxygen atoms in total. The smallest absolute Gasteiger partial charge is 0.328 e. The largest absolute Gasteiger partial charge is 0.424 e. The number of para-hydroxylation sites is 1. The van der Waals surface area contributed by atoms with Gasteiger partial charge in [-0.25, -0.2) is 4.79 Å². The number of carbonyl (C=O) groups is 1. The maximum absolute atomic E-state index is 11.1. The van der Waals surface area contributed by atoms with E-state index < -0.39 is 12.0 Å². The van der Waals surface area contributed by atoms with Gasteiger partial charge in [-0.2, -0.15) is 0 Å². The minimum Gasteiger partial charge on any atom is -0.424 e. The predicted molar refractivity (Wildman–Crippen MR) is 50.7 cm³/mol. The molecule has 0 aliphatic heterocycles. The van der Waals surface area contributed by atoms with Crippen LogP contribution in [0.25, 0.3) is 0 Å². The summed E-state index contributed by atoms with van der Waals surface area (Å²) in [5, 5.41) is 0.400. The summed E-state index contributed by atoms with van der Waals surface area (Å²) in [5.41, 5.74) is 5.32. The summed E-state index contributed by atoms with van der Waals surface area (Å²) in [4.78, 5) is 11.1. The van der Waals surface area contributed by atoms with Gasteiger partial charge >= 0.3 is 5.97 Å². The summed E-state index contributed by atoms with van der Waals surface area (Å²) >= 11 is 5.75. The van der Waals surface area contributed by atoms with Crippen molar-refractivity contribution in [3.63, 3.8) is 0 Å². The van der Waals surface area contributed by atoms with Crippen LogP contribution in [-0.4, -0.2) is 12.0 Å². The number of carbonyl (C=O) groups excluding carboxylic acids is 1. The van der Waals surface area contributed by atoms with Crippen molar-refractivity contribution < 1.29 is 9.53 Å². The fourth-order valence-corrected chi connectivity index (χ4v) is 0.903. The lowest BCUT2D eigenvalue weighted by molar-refractivity contribution is -0.135. The Morgan fingerprint density at radius 1 is 1.54 bits per heavy atom. The van der Waals surface area contributed by atoms with Crippen LogP contribution in [0, 0.1) is 0 Å². The Labute approximate surface area is 81.4 Å². The Balaban J connectivity index is 2.75. The summed E-state index contributed by atoms with van der Waals surface area (Å²) in [6.45, 7) is 1.55. The average molecular weight is 200 g/mol.